The van der Waals surface area contributed by atoms with Crippen LogP contribution in [0.5, 0.6) is 0 Å². The molecule has 2 heteroatoms. The van der Waals surface area contributed by atoms with Crippen LogP contribution in [-0.2, 0) is 12.8 Å². The van der Waals surface area contributed by atoms with Gasteiger partial charge in [-0.1, -0.05) is 38.3 Å². The van der Waals surface area contributed by atoms with Crippen molar-refractivity contribution in [2.75, 3.05) is 0 Å². The predicted molar refractivity (Wildman–Crippen MR) is 63.1 cm³/mol. The molecule has 0 radical (unpaired) electrons. The van der Waals surface area contributed by atoms with Crippen molar-refractivity contribution in [1.82, 2.24) is 0 Å². The van der Waals surface area contributed by atoms with Crippen LogP contribution in [0.1, 0.15) is 30.4 Å². The summed E-state index contributed by atoms with van der Waals surface area (Å²) in [6.45, 7) is 0. The topological polar surface area (TPSA) is 0 Å². The minimum absolute atomic E-state index is 1.22. The lowest BCUT2D eigenvalue weighted by molar-refractivity contribution is 0.662. The molecule has 0 heterocycles. The Morgan fingerprint density at radius 2 is 1.38 bits per heavy atom. The zero-order valence-electron chi connectivity index (χ0n) is 7.45. The molecule has 1 aromatic rings. The molecule has 0 spiro atoms. The number of hydrogen-bond donors (Lipinski definition) is 0. The number of aryl methyl sites for hydroxylation is 2. The number of halogens is 2. The van der Waals surface area contributed by atoms with Crippen LogP contribution in [-0.4, -0.2) is 0 Å². The molecule has 0 amide bonds. The van der Waals surface area contributed by atoms with Crippen molar-refractivity contribution in [3.8, 4) is 0 Å². The summed E-state index contributed by atoms with van der Waals surface area (Å²) in [7, 11) is 0. The molecule has 2 bridgehead atoms. The van der Waals surface area contributed by atoms with Crippen molar-refractivity contribution in [2.45, 2.75) is 32.1 Å². The first-order valence-electron chi connectivity index (χ1n) is 4.74. The Morgan fingerprint density at radius 3 is 1.92 bits per heavy atom. The molecule has 70 valence electrons. The first-order chi connectivity index (χ1) is 6.27. The molecule has 0 saturated carbocycles. The van der Waals surface area contributed by atoms with Crippen molar-refractivity contribution in [3.05, 3.63) is 32.2 Å². The predicted octanol–water partition coefficient (Wildman–Crippen LogP) is 4.48. The van der Waals surface area contributed by atoms with Crippen molar-refractivity contribution in [3.63, 3.8) is 0 Å². The summed E-state index contributed by atoms with van der Waals surface area (Å²) in [4.78, 5) is 0. The second-order valence-corrected chi connectivity index (χ2v) is 5.31. The van der Waals surface area contributed by atoms with E-state index in [0.29, 0.717) is 0 Å². The molecule has 0 atom stereocenters. The third-order valence-corrected chi connectivity index (χ3v) is 4.06. The number of rotatable bonds is 0. The highest BCUT2D eigenvalue weighted by Crippen LogP contribution is 2.30. The first-order valence-corrected chi connectivity index (χ1v) is 6.33. The second kappa shape index (κ2) is 4.14. The van der Waals surface area contributed by atoms with Gasteiger partial charge >= 0.3 is 0 Å². The molecule has 0 saturated heterocycles. The summed E-state index contributed by atoms with van der Waals surface area (Å²) in [5, 5.41) is 0. The lowest BCUT2D eigenvalue weighted by atomic mass is 9.97. The summed E-state index contributed by atoms with van der Waals surface area (Å²) in [5.41, 5.74) is 2.92. The maximum atomic E-state index is 3.69. The number of benzene rings is 1. The average molecular weight is 304 g/mol. The van der Waals surface area contributed by atoms with Gasteiger partial charge in [0.15, 0.2) is 0 Å². The number of fused-ring (bicyclic) bond motifs is 2. The van der Waals surface area contributed by atoms with Crippen LogP contribution in [0.4, 0.5) is 0 Å². The second-order valence-electron chi connectivity index (χ2n) is 3.60. The zero-order valence-corrected chi connectivity index (χ0v) is 10.6. The maximum absolute atomic E-state index is 3.69. The largest absolute Gasteiger partial charge is 0.0527 e. The van der Waals surface area contributed by atoms with Gasteiger partial charge in [-0.25, -0.2) is 0 Å². The van der Waals surface area contributed by atoms with Crippen molar-refractivity contribution in [1.29, 1.82) is 0 Å². The molecule has 1 aliphatic rings. The van der Waals surface area contributed by atoms with Gasteiger partial charge < -0.3 is 0 Å². The Hall–Kier alpha value is 0.180. The van der Waals surface area contributed by atoms with E-state index in [9.17, 15) is 0 Å². The normalized spacial score (nSPS) is 16.5. The highest BCUT2D eigenvalue weighted by atomic mass is 79.9. The van der Waals surface area contributed by atoms with Gasteiger partial charge in [0.05, 0.1) is 0 Å². The highest BCUT2D eigenvalue weighted by molar-refractivity contribution is 9.11. The molecule has 0 fully saturated rings. The van der Waals surface area contributed by atoms with Crippen LogP contribution in [0, 0.1) is 0 Å². The van der Waals surface area contributed by atoms with Crippen LogP contribution in [0.2, 0.25) is 0 Å². The molecule has 1 aromatic carbocycles. The summed E-state index contributed by atoms with van der Waals surface area (Å²) < 4.78 is 2.57. The Labute approximate surface area is 96.0 Å². The monoisotopic (exact) mass is 302 g/mol. The van der Waals surface area contributed by atoms with Gasteiger partial charge in [0.25, 0.3) is 0 Å². The van der Waals surface area contributed by atoms with Gasteiger partial charge in [-0.2, -0.15) is 0 Å². The lowest BCUT2D eigenvalue weighted by Crippen LogP contribution is -1.98. The van der Waals surface area contributed by atoms with Crippen LogP contribution in [0.3, 0.4) is 0 Å². The Balaban J connectivity index is 2.48. The van der Waals surface area contributed by atoms with Gasteiger partial charge in [0, 0.05) is 8.95 Å². The summed E-state index contributed by atoms with van der Waals surface area (Å²) in [6.07, 6.45) is 6.45. The minimum Gasteiger partial charge on any atom is -0.0527 e. The van der Waals surface area contributed by atoms with Crippen LogP contribution < -0.4 is 0 Å². The fraction of sp³-hybridized carbons (Fsp3) is 0.455. The zero-order chi connectivity index (χ0) is 9.26. The fourth-order valence-corrected chi connectivity index (χ4v) is 3.06. The van der Waals surface area contributed by atoms with Crippen LogP contribution in [0.15, 0.2) is 21.1 Å². The standard InChI is InChI=1S/C11H12Br2/c12-10-6-8-4-2-1-3-5-9(7-10)11(8)13/h6-7H,1-5H2. The summed E-state index contributed by atoms with van der Waals surface area (Å²) in [5.74, 6) is 0. The van der Waals surface area contributed by atoms with Crippen LogP contribution >= 0.6 is 31.9 Å². The highest BCUT2D eigenvalue weighted by Gasteiger charge is 2.10. The smallest absolute Gasteiger partial charge is 0.0240 e. The van der Waals surface area contributed by atoms with Gasteiger partial charge in [-0.05, 0) is 48.9 Å². The van der Waals surface area contributed by atoms with E-state index in [1.54, 1.807) is 0 Å². The minimum atomic E-state index is 1.22. The fourth-order valence-electron chi connectivity index (χ4n) is 1.88. The molecular weight excluding hydrogens is 292 g/mol. The Bertz CT molecular complexity index is 291. The summed E-state index contributed by atoms with van der Waals surface area (Å²) in [6, 6.07) is 4.47. The SMILES string of the molecule is Brc1cc2c(Br)c(c1)CCCCC2. The van der Waals surface area contributed by atoms with E-state index in [1.807, 2.05) is 0 Å². The van der Waals surface area contributed by atoms with Gasteiger partial charge in [-0.3, -0.25) is 0 Å². The molecule has 0 unspecified atom stereocenters. The Kier molecular flexibility index (Phi) is 3.10. The van der Waals surface area contributed by atoms with Crippen molar-refractivity contribution < 1.29 is 0 Å². The van der Waals surface area contributed by atoms with E-state index in [1.165, 1.54) is 52.2 Å². The van der Waals surface area contributed by atoms with E-state index in [2.05, 4.69) is 44.0 Å². The van der Waals surface area contributed by atoms with Gasteiger partial charge in [0.1, 0.15) is 0 Å². The van der Waals surface area contributed by atoms with E-state index < -0.39 is 0 Å². The number of hydrogen-bond acceptors (Lipinski definition) is 0. The van der Waals surface area contributed by atoms with Crippen molar-refractivity contribution in [2.24, 2.45) is 0 Å². The average Bonchev–Trinajstić information content (AvgIpc) is 2.11. The third-order valence-electron chi connectivity index (χ3n) is 2.58. The van der Waals surface area contributed by atoms with Gasteiger partial charge in [-0.15, -0.1) is 0 Å². The lowest BCUT2D eigenvalue weighted by Gasteiger charge is -2.14. The van der Waals surface area contributed by atoms with Crippen LogP contribution in [0.25, 0.3) is 0 Å². The maximum Gasteiger partial charge on any atom is 0.0240 e. The van der Waals surface area contributed by atoms with Crippen molar-refractivity contribution >= 4 is 31.9 Å². The van der Waals surface area contributed by atoms with Gasteiger partial charge in [0.2, 0.25) is 0 Å². The molecule has 2 rings (SSSR count). The molecule has 1 aliphatic carbocycles. The molecule has 13 heavy (non-hydrogen) atoms. The quantitative estimate of drug-likeness (QED) is 0.663. The summed E-state index contributed by atoms with van der Waals surface area (Å²) >= 11 is 7.25. The van der Waals surface area contributed by atoms with E-state index >= 15 is 0 Å². The third kappa shape index (κ3) is 2.16. The van der Waals surface area contributed by atoms with E-state index in [0.717, 1.165) is 0 Å². The first kappa shape index (κ1) is 9.72. The van der Waals surface area contributed by atoms with E-state index in [-0.39, 0.29) is 0 Å². The molecule has 0 N–H and O–H groups in total. The molecule has 0 aliphatic heterocycles. The van der Waals surface area contributed by atoms with E-state index in [4.69, 9.17) is 0 Å². The molecule has 0 aromatic heterocycles. The Morgan fingerprint density at radius 1 is 0.846 bits per heavy atom. The molecular formula is C11H12Br2. The molecule has 0 nitrogen and oxygen atoms in total.